The van der Waals surface area contributed by atoms with Crippen LogP contribution in [0.25, 0.3) is 10.9 Å². The minimum atomic E-state index is -0.0139. The molecule has 0 spiro atoms. The molecule has 1 aromatic carbocycles. The van der Waals surface area contributed by atoms with Crippen LogP contribution in [-0.4, -0.2) is 18.1 Å². The molecule has 0 aliphatic carbocycles. The molecule has 2 rings (SSSR count). The van der Waals surface area contributed by atoms with E-state index in [9.17, 15) is 4.79 Å². The number of benzene rings is 1. The van der Waals surface area contributed by atoms with E-state index in [1.54, 1.807) is 0 Å². The van der Waals surface area contributed by atoms with Gasteiger partial charge in [-0.1, -0.05) is 18.2 Å². The van der Waals surface area contributed by atoms with E-state index in [1.807, 2.05) is 30.3 Å². The van der Waals surface area contributed by atoms with Crippen LogP contribution in [0, 0.1) is 0 Å². The molecule has 0 saturated heterocycles. The van der Waals surface area contributed by atoms with Gasteiger partial charge in [0.15, 0.2) is 0 Å². The van der Waals surface area contributed by atoms with Crippen molar-refractivity contribution in [1.82, 2.24) is 10.3 Å². The molecule has 1 aromatic heterocycles. The molecule has 0 aliphatic heterocycles. The van der Waals surface area contributed by atoms with Crippen molar-refractivity contribution in [2.24, 2.45) is 5.73 Å². The third-order valence-corrected chi connectivity index (χ3v) is 2.95. The van der Waals surface area contributed by atoms with E-state index < -0.39 is 0 Å². The highest BCUT2D eigenvalue weighted by molar-refractivity contribution is 5.78. The second-order valence-corrected chi connectivity index (χ2v) is 4.38. The molecule has 0 atom stereocenters. The van der Waals surface area contributed by atoms with E-state index in [0.717, 1.165) is 42.4 Å². The zero-order valence-corrected chi connectivity index (χ0v) is 10.4. The van der Waals surface area contributed by atoms with Gasteiger partial charge in [-0.15, -0.1) is 0 Å². The Kier molecular flexibility index (Phi) is 4.50. The summed E-state index contributed by atoms with van der Waals surface area (Å²) in [7, 11) is 0. The summed E-state index contributed by atoms with van der Waals surface area (Å²) in [4.78, 5) is 14.7. The summed E-state index contributed by atoms with van der Waals surface area (Å²) in [6.07, 6.45) is 2.06. The van der Waals surface area contributed by atoms with Crippen LogP contribution >= 0.6 is 0 Å². The molecule has 4 heteroatoms. The maximum Gasteiger partial charge on any atom is 0.252 e. The van der Waals surface area contributed by atoms with Gasteiger partial charge in [0.25, 0.3) is 5.56 Å². The highest BCUT2D eigenvalue weighted by Gasteiger charge is 2.01. The first kappa shape index (κ1) is 12.8. The number of fused-ring (bicyclic) bond motifs is 1. The lowest BCUT2D eigenvalue weighted by Gasteiger charge is -2.05. The Morgan fingerprint density at radius 3 is 2.89 bits per heavy atom. The minimum Gasteiger partial charge on any atom is -0.330 e. The first-order valence-corrected chi connectivity index (χ1v) is 6.33. The summed E-state index contributed by atoms with van der Waals surface area (Å²) < 4.78 is 0. The van der Waals surface area contributed by atoms with E-state index in [1.165, 1.54) is 0 Å². The van der Waals surface area contributed by atoms with E-state index >= 15 is 0 Å². The van der Waals surface area contributed by atoms with Crippen molar-refractivity contribution in [3.8, 4) is 0 Å². The molecule has 4 N–H and O–H groups in total. The number of rotatable bonds is 6. The Balaban J connectivity index is 2.04. The number of hydrogen-bond donors (Lipinski definition) is 3. The third kappa shape index (κ3) is 3.18. The number of hydrogen-bond acceptors (Lipinski definition) is 3. The monoisotopic (exact) mass is 245 g/mol. The van der Waals surface area contributed by atoms with Crippen LogP contribution in [0.2, 0.25) is 0 Å². The van der Waals surface area contributed by atoms with Gasteiger partial charge in [0, 0.05) is 17.6 Å². The topological polar surface area (TPSA) is 70.9 Å². The summed E-state index contributed by atoms with van der Waals surface area (Å²) in [6, 6.07) is 9.75. The highest BCUT2D eigenvalue weighted by atomic mass is 16.1. The molecule has 18 heavy (non-hydrogen) atoms. The van der Waals surface area contributed by atoms with Crippen LogP contribution in [0.15, 0.2) is 35.1 Å². The lowest BCUT2D eigenvalue weighted by atomic mass is 10.1. The first-order chi connectivity index (χ1) is 8.81. The fourth-order valence-corrected chi connectivity index (χ4v) is 1.94. The number of nitrogens with two attached hydrogens (primary N) is 1. The summed E-state index contributed by atoms with van der Waals surface area (Å²) in [5, 5.41) is 4.33. The predicted octanol–water partition coefficient (Wildman–Crippen LogP) is 1.36. The zero-order valence-electron chi connectivity index (χ0n) is 10.4. The lowest BCUT2D eigenvalue weighted by Crippen LogP contribution is -2.22. The molecular formula is C14H19N3O. The van der Waals surface area contributed by atoms with Crippen molar-refractivity contribution in [1.29, 1.82) is 0 Å². The highest BCUT2D eigenvalue weighted by Crippen LogP contribution is 2.09. The molecule has 0 bridgehead atoms. The SMILES string of the molecule is NCCCCNCc1cc2ccccc2[nH]c1=O. The van der Waals surface area contributed by atoms with Crippen LogP contribution in [0.3, 0.4) is 0 Å². The van der Waals surface area contributed by atoms with Crippen LogP contribution in [0.5, 0.6) is 0 Å². The number of H-pyrrole nitrogens is 1. The summed E-state index contributed by atoms with van der Waals surface area (Å²) >= 11 is 0. The van der Waals surface area contributed by atoms with Gasteiger partial charge in [-0.25, -0.2) is 0 Å². The van der Waals surface area contributed by atoms with Crippen molar-refractivity contribution >= 4 is 10.9 Å². The van der Waals surface area contributed by atoms with E-state index in [0.29, 0.717) is 6.54 Å². The second-order valence-electron chi connectivity index (χ2n) is 4.38. The Morgan fingerprint density at radius 2 is 2.06 bits per heavy atom. The number of unbranched alkanes of at least 4 members (excludes halogenated alkanes) is 1. The molecule has 0 saturated carbocycles. The lowest BCUT2D eigenvalue weighted by molar-refractivity contribution is 0.625. The molecule has 1 heterocycles. The third-order valence-electron chi connectivity index (χ3n) is 2.95. The number of para-hydroxylation sites is 1. The van der Waals surface area contributed by atoms with Crippen molar-refractivity contribution in [2.75, 3.05) is 13.1 Å². The fraction of sp³-hybridized carbons (Fsp3) is 0.357. The van der Waals surface area contributed by atoms with Crippen molar-refractivity contribution < 1.29 is 0 Å². The maximum atomic E-state index is 11.8. The molecule has 0 radical (unpaired) electrons. The van der Waals surface area contributed by atoms with Crippen LogP contribution in [0.4, 0.5) is 0 Å². The minimum absolute atomic E-state index is 0.0139. The molecule has 0 fully saturated rings. The molecule has 0 amide bonds. The summed E-state index contributed by atoms with van der Waals surface area (Å²) in [6.45, 7) is 2.21. The van der Waals surface area contributed by atoms with Gasteiger partial charge >= 0.3 is 0 Å². The Bertz CT molecular complexity index is 562. The number of aromatic nitrogens is 1. The van der Waals surface area contributed by atoms with Gasteiger partial charge in [-0.3, -0.25) is 4.79 Å². The van der Waals surface area contributed by atoms with Gasteiger partial charge < -0.3 is 16.0 Å². The fourth-order valence-electron chi connectivity index (χ4n) is 1.94. The normalized spacial score (nSPS) is 10.9. The average Bonchev–Trinajstić information content (AvgIpc) is 2.39. The van der Waals surface area contributed by atoms with E-state index in [4.69, 9.17) is 5.73 Å². The van der Waals surface area contributed by atoms with Crippen LogP contribution in [-0.2, 0) is 6.54 Å². The largest absolute Gasteiger partial charge is 0.330 e. The van der Waals surface area contributed by atoms with Gasteiger partial charge in [-0.05, 0) is 43.5 Å². The average molecular weight is 245 g/mol. The van der Waals surface area contributed by atoms with Gasteiger partial charge in [0.05, 0.1) is 0 Å². The molecule has 0 unspecified atom stereocenters. The molecule has 0 aliphatic rings. The zero-order chi connectivity index (χ0) is 12.8. The van der Waals surface area contributed by atoms with Crippen LogP contribution in [0.1, 0.15) is 18.4 Å². The Labute approximate surface area is 106 Å². The molecule has 4 nitrogen and oxygen atoms in total. The Morgan fingerprint density at radius 1 is 1.22 bits per heavy atom. The molecule has 96 valence electrons. The summed E-state index contributed by atoms with van der Waals surface area (Å²) in [5.74, 6) is 0. The van der Waals surface area contributed by atoms with Gasteiger partial charge in [0.2, 0.25) is 0 Å². The Hall–Kier alpha value is -1.65. The van der Waals surface area contributed by atoms with Gasteiger partial charge in [0.1, 0.15) is 0 Å². The number of aromatic amines is 1. The first-order valence-electron chi connectivity index (χ1n) is 6.33. The quantitative estimate of drug-likeness (QED) is 0.673. The second kappa shape index (κ2) is 6.33. The van der Waals surface area contributed by atoms with Crippen LogP contribution < -0.4 is 16.6 Å². The summed E-state index contributed by atoms with van der Waals surface area (Å²) in [5.41, 5.74) is 7.07. The maximum absolute atomic E-state index is 11.8. The van der Waals surface area contributed by atoms with E-state index in [2.05, 4.69) is 10.3 Å². The van der Waals surface area contributed by atoms with Crippen molar-refractivity contribution in [2.45, 2.75) is 19.4 Å². The molecule has 2 aromatic rings. The number of pyridine rings is 1. The van der Waals surface area contributed by atoms with Crippen molar-refractivity contribution in [3.63, 3.8) is 0 Å². The number of nitrogens with one attached hydrogen (secondary N) is 2. The van der Waals surface area contributed by atoms with Gasteiger partial charge in [-0.2, -0.15) is 0 Å². The van der Waals surface area contributed by atoms with Crippen molar-refractivity contribution in [3.05, 3.63) is 46.2 Å². The van der Waals surface area contributed by atoms with E-state index in [-0.39, 0.29) is 5.56 Å². The standard InChI is InChI=1S/C14H19N3O/c15-7-3-4-8-16-10-12-9-11-5-1-2-6-13(11)17-14(12)18/h1-2,5-6,9,16H,3-4,7-8,10,15H2,(H,17,18). The smallest absolute Gasteiger partial charge is 0.252 e. The molecular weight excluding hydrogens is 226 g/mol. The predicted molar refractivity (Wildman–Crippen MR) is 74.6 cm³/mol.